The lowest BCUT2D eigenvalue weighted by atomic mass is 10.0. The molecule has 2 aromatic rings. The summed E-state index contributed by atoms with van der Waals surface area (Å²) in [6.45, 7) is 3.83. The average molecular weight is 257 g/mol. The van der Waals surface area contributed by atoms with E-state index in [2.05, 4.69) is 5.16 Å². The van der Waals surface area contributed by atoms with E-state index in [0.717, 1.165) is 16.7 Å². The van der Waals surface area contributed by atoms with Crippen molar-refractivity contribution in [3.05, 3.63) is 59.9 Å². The van der Waals surface area contributed by atoms with E-state index in [9.17, 15) is 4.39 Å². The summed E-state index contributed by atoms with van der Waals surface area (Å²) in [4.78, 5) is 5.16. The summed E-state index contributed by atoms with van der Waals surface area (Å²) in [5, 5.41) is 3.93. The Balaban J connectivity index is 2.33. The molecule has 0 saturated heterocycles. The van der Waals surface area contributed by atoms with Crippen LogP contribution in [-0.4, -0.2) is 12.3 Å². The first-order chi connectivity index (χ1) is 9.16. The van der Waals surface area contributed by atoms with Crippen molar-refractivity contribution in [3.8, 4) is 11.1 Å². The van der Waals surface area contributed by atoms with Crippen LogP contribution in [0.25, 0.3) is 11.1 Å². The summed E-state index contributed by atoms with van der Waals surface area (Å²) < 4.78 is 13.3. The van der Waals surface area contributed by atoms with E-state index >= 15 is 0 Å². The highest BCUT2D eigenvalue weighted by atomic mass is 19.1. The van der Waals surface area contributed by atoms with Gasteiger partial charge in [0.1, 0.15) is 11.9 Å². The third kappa shape index (κ3) is 3.65. The molecular weight excluding hydrogens is 241 g/mol. The first-order valence-corrected chi connectivity index (χ1v) is 6.21. The van der Waals surface area contributed by atoms with Crippen LogP contribution in [0.1, 0.15) is 19.4 Å². The van der Waals surface area contributed by atoms with Crippen LogP contribution in [0.5, 0.6) is 0 Å². The number of hydrogen-bond donors (Lipinski definition) is 0. The van der Waals surface area contributed by atoms with Gasteiger partial charge < -0.3 is 4.84 Å². The molecule has 0 amide bonds. The van der Waals surface area contributed by atoms with Crippen LogP contribution < -0.4 is 0 Å². The Labute approximate surface area is 112 Å². The van der Waals surface area contributed by atoms with Crippen molar-refractivity contribution in [2.75, 3.05) is 0 Å². The van der Waals surface area contributed by atoms with Gasteiger partial charge in [0.05, 0.1) is 6.21 Å². The van der Waals surface area contributed by atoms with E-state index in [1.807, 2.05) is 44.2 Å². The molecule has 0 fully saturated rings. The van der Waals surface area contributed by atoms with Gasteiger partial charge in [-0.15, -0.1) is 0 Å². The highest BCUT2D eigenvalue weighted by Gasteiger charge is 2.03. The lowest BCUT2D eigenvalue weighted by Crippen LogP contribution is -1.97. The van der Waals surface area contributed by atoms with E-state index in [0.29, 0.717) is 0 Å². The minimum absolute atomic E-state index is 0.0394. The zero-order chi connectivity index (χ0) is 13.7. The fraction of sp³-hybridized carbons (Fsp3) is 0.188. The van der Waals surface area contributed by atoms with Crippen molar-refractivity contribution < 1.29 is 9.23 Å². The molecule has 98 valence electrons. The Morgan fingerprint density at radius 1 is 1.11 bits per heavy atom. The summed E-state index contributed by atoms with van der Waals surface area (Å²) in [6.07, 6.45) is 1.69. The van der Waals surface area contributed by atoms with Gasteiger partial charge in [-0.05, 0) is 37.1 Å². The van der Waals surface area contributed by atoms with E-state index in [4.69, 9.17) is 4.84 Å². The predicted molar refractivity (Wildman–Crippen MR) is 75.7 cm³/mol. The van der Waals surface area contributed by atoms with E-state index in [-0.39, 0.29) is 11.9 Å². The summed E-state index contributed by atoms with van der Waals surface area (Å²) in [7, 11) is 0. The molecule has 2 nitrogen and oxygen atoms in total. The van der Waals surface area contributed by atoms with Crippen molar-refractivity contribution in [3.63, 3.8) is 0 Å². The standard InChI is InChI=1S/C16H16FNO/c1-12(2)19-18-11-14-6-3-4-9-16(14)13-7-5-8-15(17)10-13/h3-12H,1-2H3/b18-11+. The lowest BCUT2D eigenvalue weighted by molar-refractivity contribution is 0.0874. The van der Waals surface area contributed by atoms with Crippen molar-refractivity contribution in [1.82, 2.24) is 0 Å². The maximum Gasteiger partial charge on any atom is 0.123 e. The second kappa shape index (κ2) is 6.14. The van der Waals surface area contributed by atoms with Gasteiger partial charge in [-0.3, -0.25) is 0 Å². The van der Waals surface area contributed by atoms with E-state index in [1.54, 1.807) is 12.3 Å². The van der Waals surface area contributed by atoms with Crippen LogP contribution in [0.15, 0.2) is 53.7 Å². The molecule has 0 radical (unpaired) electrons. The van der Waals surface area contributed by atoms with Crippen LogP contribution in [0.3, 0.4) is 0 Å². The highest BCUT2D eigenvalue weighted by molar-refractivity contribution is 5.90. The second-order valence-electron chi connectivity index (χ2n) is 4.49. The van der Waals surface area contributed by atoms with Gasteiger partial charge in [0.15, 0.2) is 0 Å². The Kier molecular flexibility index (Phi) is 4.29. The minimum atomic E-state index is -0.248. The molecular formula is C16H16FNO. The van der Waals surface area contributed by atoms with Crippen LogP contribution in [0, 0.1) is 5.82 Å². The van der Waals surface area contributed by atoms with Crippen molar-refractivity contribution in [2.24, 2.45) is 5.16 Å². The van der Waals surface area contributed by atoms with Gasteiger partial charge in [0.2, 0.25) is 0 Å². The molecule has 2 rings (SSSR count). The summed E-state index contributed by atoms with van der Waals surface area (Å²) in [5.41, 5.74) is 2.65. The summed E-state index contributed by atoms with van der Waals surface area (Å²) in [6, 6.07) is 14.2. The molecule has 3 heteroatoms. The van der Waals surface area contributed by atoms with E-state index in [1.165, 1.54) is 12.1 Å². The van der Waals surface area contributed by atoms with E-state index < -0.39 is 0 Å². The molecule has 0 saturated carbocycles. The number of benzene rings is 2. The summed E-state index contributed by atoms with van der Waals surface area (Å²) in [5.74, 6) is -0.248. The zero-order valence-electron chi connectivity index (χ0n) is 11.0. The molecule has 0 atom stereocenters. The third-order valence-corrected chi connectivity index (χ3v) is 2.56. The molecule has 0 aliphatic heterocycles. The monoisotopic (exact) mass is 257 g/mol. The van der Waals surface area contributed by atoms with Gasteiger partial charge in [-0.2, -0.15) is 0 Å². The quantitative estimate of drug-likeness (QED) is 0.592. The van der Waals surface area contributed by atoms with Crippen LogP contribution in [0.4, 0.5) is 4.39 Å². The van der Waals surface area contributed by atoms with Crippen molar-refractivity contribution in [2.45, 2.75) is 20.0 Å². The molecule has 0 N–H and O–H groups in total. The van der Waals surface area contributed by atoms with Crippen LogP contribution in [0.2, 0.25) is 0 Å². The van der Waals surface area contributed by atoms with Gasteiger partial charge in [0.25, 0.3) is 0 Å². The maximum absolute atomic E-state index is 13.3. The van der Waals surface area contributed by atoms with Crippen molar-refractivity contribution in [1.29, 1.82) is 0 Å². The predicted octanol–water partition coefficient (Wildman–Crippen LogP) is 4.25. The number of nitrogens with zero attached hydrogens (tertiary/aromatic N) is 1. The molecule has 0 aliphatic rings. The minimum Gasteiger partial charge on any atom is -0.393 e. The fourth-order valence-electron chi connectivity index (χ4n) is 1.74. The van der Waals surface area contributed by atoms with Gasteiger partial charge >= 0.3 is 0 Å². The molecule has 0 bridgehead atoms. The Bertz CT molecular complexity index is 578. The number of oxime groups is 1. The molecule has 0 spiro atoms. The lowest BCUT2D eigenvalue weighted by Gasteiger charge is -2.06. The van der Waals surface area contributed by atoms with Crippen molar-refractivity contribution >= 4 is 6.21 Å². The molecule has 0 heterocycles. The first kappa shape index (κ1) is 13.3. The topological polar surface area (TPSA) is 21.6 Å². The zero-order valence-corrected chi connectivity index (χ0v) is 11.0. The Morgan fingerprint density at radius 2 is 1.89 bits per heavy atom. The van der Waals surface area contributed by atoms with Crippen LogP contribution in [-0.2, 0) is 4.84 Å². The molecule has 19 heavy (non-hydrogen) atoms. The van der Waals surface area contributed by atoms with Crippen LogP contribution >= 0.6 is 0 Å². The first-order valence-electron chi connectivity index (χ1n) is 6.21. The number of rotatable bonds is 4. The molecule has 2 aromatic carbocycles. The maximum atomic E-state index is 13.3. The third-order valence-electron chi connectivity index (χ3n) is 2.56. The highest BCUT2D eigenvalue weighted by Crippen LogP contribution is 2.23. The normalized spacial score (nSPS) is 11.2. The number of hydrogen-bond acceptors (Lipinski definition) is 2. The molecule has 0 aromatic heterocycles. The smallest absolute Gasteiger partial charge is 0.123 e. The average Bonchev–Trinajstić information content (AvgIpc) is 2.39. The largest absolute Gasteiger partial charge is 0.393 e. The fourth-order valence-corrected chi connectivity index (χ4v) is 1.74. The summed E-state index contributed by atoms with van der Waals surface area (Å²) >= 11 is 0. The molecule has 0 aliphatic carbocycles. The van der Waals surface area contributed by atoms with Gasteiger partial charge in [-0.25, -0.2) is 4.39 Å². The number of halogens is 1. The molecule has 0 unspecified atom stereocenters. The second-order valence-corrected chi connectivity index (χ2v) is 4.49. The van der Waals surface area contributed by atoms with Gasteiger partial charge in [-0.1, -0.05) is 41.6 Å². The Hall–Kier alpha value is -2.16. The van der Waals surface area contributed by atoms with Gasteiger partial charge in [0, 0.05) is 5.56 Å². The SMILES string of the molecule is CC(C)O/N=C/c1ccccc1-c1cccc(F)c1. The Morgan fingerprint density at radius 3 is 2.63 bits per heavy atom.